The summed E-state index contributed by atoms with van der Waals surface area (Å²) >= 11 is 0. The predicted molar refractivity (Wildman–Crippen MR) is 79.1 cm³/mol. The summed E-state index contributed by atoms with van der Waals surface area (Å²) in [5, 5.41) is 2.70. The van der Waals surface area contributed by atoms with E-state index in [0.29, 0.717) is 11.3 Å². The van der Waals surface area contributed by atoms with Crippen molar-refractivity contribution in [2.45, 2.75) is 0 Å². The lowest BCUT2D eigenvalue weighted by molar-refractivity contribution is -0.111. The van der Waals surface area contributed by atoms with Crippen LogP contribution in [0.1, 0.15) is 15.9 Å². The fourth-order valence-corrected chi connectivity index (χ4v) is 1.64. The molecule has 0 heterocycles. The first-order valence-electron chi connectivity index (χ1n) is 6.09. The number of rotatable bonds is 4. The van der Waals surface area contributed by atoms with E-state index in [1.807, 2.05) is 30.3 Å². The molecule has 100 valence electrons. The molecular weight excluding hydrogens is 252 g/mol. The van der Waals surface area contributed by atoms with E-state index in [0.717, 1.165) is 5.56 Å². The van der Waals surface area contributed by atoms with E-state index in [1.165, 1.54) is 6.08 Å². The smallest absolute Gasteiger partial charge is 0.248 e. The third-order valence-electron chi connectivity index (χ3n) is 2.66. The Labute approximate surface area is 116 Å². The number of anilines is 1. The fraction of sp³-hybridized carbons (Fsp3) is 0. The highest BCUT2D eigenvalue weighted by atomic mass is 16.1. The van der Waals surface area contributed by atoms with Crippen LogP contribution in [0.3, 0.4) is 0 Å². The molecule has 4 heteroatoms. The maximum absolute atomic E-state index is 11.7. The largest absolute Gasteiger partial charge is 0.366 e. The maximum atomic E-state index is 11.7. The molecule has 3 N–H and O–H groups in total. The van der Waals surface area contributed by atoms with Gasteiger partial charge in [0, 0.05) is 17.3 Å². The third kappa shape index (κ3) is 3.81. The summed E-state index contributed by atoms with van der Waals surface area (Å²) in [4.78, 5) is 22.6. The molecule has 2 rings (SSSR count). The van der Waals surface area contributed by atoms with Crippen LogP contribution in [0.2, 0.25) is 0 Å². The Bertz CT molecular complexity index is 631. The number of carbonyl (C=O) groups is 2. The number of carbonyl (C=O) groups excluding carboxylic acids is 2. The second-order valence-corrected chi connectivity index (χ2v) is 4.17. The molecular formula is C16H14N2O2. The van der Waals surface area contributed by atoms with Gasteiger partial charge >= 0.3 is 0 Å². The molecule has 0 radical (unpaired) electrons. The Morgan fingerprint density at radius 3 is 2.20 bits per heavy atom. The SMILES string of the molecule is NC(=O)c1ccc(NC(=O)C=Cc2ccccc2)cc1. The van der Waals surface area contributed by atoms with Crippen LogP contribution in [0, 0.1) is 0 Å². The molecule has 0 bridgehead atoms. The van der Waals surface area contributed by atoms with Crippen molar-refractivity contribution < 1.29 is 9.59 Å². The van der Waals surface area contributed by atoms with E-state index < -0.39 is 5.91 Å². The standard InChI is InChI=1S/C16H14N2O2/c17-16(20)13-7-9-14(10-8-13)18-15(19)11-6-12-4-2-1-3-5-12/h1-11H,(H2,17,20)(H,18,19). The normalized spacial score (nSPS) is 10.4. The molecule has 0 saturated carbocycles. The van der Waals surface area contributed by atoms with Gasteiger partial charge in [-0.3, -0.25) is 9.59 Å². The highest BCUT2D eigenvalue weighted by molar-refractivity contribution is 6.02. The minimum atomic E-state index is -0.494. The first-order chi connectivity index (χ1) is 9.65. The van der Waals surface area contributed by atoms with Crippen molar-refractivity contribution in [3.8, 4) is 0 Å². The summed E-state index contributed by atoms with van der Waals surface area (Å²) in [6.07, 6.45) is 3.18. The third-order valence-corrected chi connectivity index (χ3v) is 2.66. The Hall–Kier alpha value is -2.88. The molecule has 0 aromatic heterocycles. The summed E-state index contributed by atoms with van der Waals surface area (Å²) in [5.41, 5.74) is 7.10. The molecule has 0 atom stereocenters. The monoisotopic (exact) mass is 266 g/mol. The average Bonchev–Trinajstić information content (AvgIpc) is 2.47. The number of amides is 2. The van der Waals surface area contributed by atoms with Crippen molar-refractivity contribution in [3.63, 3.8) is 0 Å². The summed E-state index contributed by atoms with van der Waals surface area (Å²) in [6, 6.07) is 15.9. The Kier molecular flexibility index (Phi) is 4.29. The van der Waals surface area contributed by atoms with Crippen molar-refractivity contribution in [3.05, 3.63) is 71.8 Å². The minimum Gasteiger partial charge on any atom is -0.366 e. The molecule has 0 fully saturated rings. The fourth-order valence-electron chi connectivity index (χ4n) is 1.64. The van der Waals surface area contributed by atoms with Gasteiger partial charge in [-0.25, -0.2) is 0 Å². The number of nitrogens with two attached hydrogens (primary N) is 1. The van der Waals surface area contributed by atoms with Gasteiger partial charge in [0.15, 0.2) is 0 Å². The topological polar surface area (TPSA) is 72.2 Å². The Morgan fingerprint density at radius 2 is 1.60 bits per heavy atom. The van der Waals surface area contributed by atoms with Crippen LogP contribution in [-0.2, 0) is 4.79 Å². The lowest BCUT2D eigenvalue weighted by atomic mass is 10.2. The van der Waals surface area contributed by atoms with Crippen molar-refractivity contribution in [1.29, 1.82) is 0 Å². The summed E-state index contributed by atoms with van der Waals surface area (Å²) in [5.74, 6) is -0.729. The number of nitrogens with one attached hydrogen (secondary N) is 1. The van der Waals surface area contributed by atoms with Crippen LogP contribution >= 0.6 is 0 Å². The molecule has 0 saturated heterocycles. The van der Waals surface area contributed by atoms with E-state index in [-0.39, 0.29) is 5.91 Å². The van der Waals surface area contributed by atoms with E-state index in [2.05, 4.69) is 5.32 Å². The number of primary amides is 1. The molecule has 0 aliphatic heterocycles. The first-order valence-corrected chi connectivity index (χ1v) is 6.09. The molecule has 20 heavy (non-hydrogen) atoms. The first kappa shape index (κ1) is 13.5. The summed E-state index contributed by atoms with van der Waals surface area (Å²) in [7, 11) is 0. The molecule has 2 aromatic rings. The van der Waals surface area contributed by atoms with Gasteiger partial charge in [-0.05, 0) is 35.9 Å². The average molecular weight is 266 g/mol. The van der Waals surface area contributed by atoms with Crippen LogP contribution in [0.5, 0.6) is 0 Å². The second kappa shape index (κ2) is 6.33. The molecule has 4 nitrogen and oxygen atoms in total. The van der Waals surface area contributed by atoms with Gasteiger partial charge in [0.05, 0.1) is 0 Å². The van der Waals surface area contributed by atoms with Gasteiger partial charge in [-0.1, -0.05) is 30.3 Å². The summed E-state index contributed by atoms with van der Waals surface area (Å²) in [6.45, 7) is 0. The molecule has 2 amide bonds. The van der Waals surface area contributed by atoms with Crippen molar-refractivity contribution in [2.24, 2.45) is 5.73 Å². The van der Waals surface area contributed by atoms with Crippen molar-refractivity contribution in [2.75, 3.05) is 5.32 Å². The van der Waals surface area contributed by atoms with Crippen LogP contribution in [0.25, 0.3) is 6.08 Å². The zero-order valence-corrected chi connectivity index (χ0v) is 10.7. The molecule has 0 spiro atoms. The lowest BCUT2D eigenvalue weighted by Crippen LogP contribution is -2.11. The van der Waals surface area contributed by atoms with Gasteiger partial charge in [-0.15, -0.1) is 0 Å². The van der Waals surface area contributed by atoms with Crippen LogP contribution in [-0.4, -0.2) is 11.8 Å². The van der Waals surface area contributed by atoms with E-state index in [4.69, 9.17) is 5.73 Å². The van der Waals surface area contributed by atoms with Crippen LogP contribution in [0.4, 0.5) is 5.69 Å². The zero-order chi connectivity index (χ0) is 14.4. The van der Waals surface area contributed by atoms with Gasteiger partial charge in [0.1, 0.15) is 0 Å². The van der Waals surface area contributed by atoms with Gasteiger partial charge < -0.3 is 11.1 Å². The number of benzene rings is 2. The minimum absolute atomic E-state index is 0.235. The lowest BCUT2D eigenvalue weighted by Gasteiger charge is -2.02. The molecule has 0 aliphatic carbocycles. The number of hydrogen-bond donors (Lipinski definition) is 2. The van der Waals surface area contributed by atoms with E-state index >= 15 is 0 Å². The summed E-state index contributed by atoms with van der Waals surface area (Å²) < 4.78 is 0. The van der Waals surface area contributed by atoms with Crippen molar-refractivity contribution in [1.82, 2.24) is 0 Å². The predicted octanol–water partition coefficient (Wildman–Crippen LogP) is 2.44. The van der Waals surface area contributed by atoms with Gasteiger partial charge in [0.2, 0.25) is 11.8 Å². The Balaban J connectivity index is 1.98. The molecule has 0 unspecified atom stereocenters. The maximum Gasteiger partial charge on any atom is 0.248 e. The quantitative estimate of drug-likeness (QED) is 0.834. The van der Waals surface area contributed by atoms with Crippen LogP contribution < -0.4 is 11.1 Å². The highest BCUT2D eigenvalue weighted by Crippen LogP contribution is 2.09. The van der Waals surface area contributed by atoms with Gasteiger partial charge in [0.25, 0.3) is 0 Å². The van der Waals surface area contributed by atoms with Crippen molar-refractivity contribution >= 4 is 23.6 Å². The highest BCUT2D eigenvalue weighted by Gasteiger charge is 2.01. The number of hydrogen-bond acceptors (Lipinski definition) is 2. The molecule has 2 aromatic carbocycles. The van der Waals surface area contributed by atoms with E-state index in [1.54, 1.807) is 30.3 Å². The van der Waals surface area contributed by atoms with Gasteiger partial charge in [-0.2, -0.15) is 0 Å². The molecule has 0 aliphatic rings. The Morgan fingerprint density at radius 1 is 0.950 bits per heavy atom. The second-order valence-electron chi connectivity index (χ2n) is 4.17. The van der Waals surface area contributed by atoms with Crippen LogP contribution in [0.15, 0.2) is 60.7 Å². The zero-order valence-electron chi connectivity index (χ0n) is 10.7. The van der Waals surface area contributed by atoms with E-state index in [9.17, 15) is 9.59 Å².